The average molecular weight is 245 g/mol. The number of nitrogens with one attached hydrogen (secondary N) is 2. The van der Waals surface area contributed by atoms with Gasteiger partial charge in [-0.25, -0.2) is 18.1 Å². The fourth-order valence-electron chi connectivity index (χ4n) is 1.71. The minimum atomic E-state index is -3.44. The van der Waals surface area contributed by atoms with Crippen molar-refractivity contribution in [1.29, 1.82) is 0 Å². The van der Waals surface area contributed by atoms with Crippen LogP contribution < -0.4 is 4.72 Å². The molecular formula is C9H15N3O3S. The molecule has 0 spiro atoms. The number of imidazole rings is 1. The Kier molecular flexibility index (Phi) is 3.27. The number of sulfonamides is 1. The summed E-state index contributed by atoms with van der Waals surface area (Å²) in [5, 5.41) is 0.104. The highest BCUT2D eigenvalue weighted by molar-refractivity contribution is 7.89. The molecule has 0 aromatic carbocycles. The maximum Gasteiger partial charge on any atom is 0.257 e. The summed E-state index contributed by atoms with van der Waals surface area (Å²) in [6, 6.07) is -0.0233. The van der Waals surface area contributed by atoms with Crippen LogP contribution in [0.3, 0.4) is 0 Å². The molecule has 6 nitrogen and oxygen atoms in total. The predicted octanol–water partition coefficient (Wildman–Crippen LogP) is 0.255. The normalized spacial score (nSPS) is 25.3. The van der Waals surface area contributed by atoms with Crippen LogP contribution >= 0.6 is 0 Å². The maximum absolute atomic E-state index is 11.7. The van der Waals surface area contributed by atoms with Gasteiger partial charge in [-0.05, 0) is 19.8 Å². The molecule has 1 saturated carbocycles. The standard InChI is InChI=1S/C9H15N3O3S/c1-2-15-8-3-7(4-8)12-16(13,14)9-5-10-6-11-9/h5-8,12H,2-4H2,1H3,(H,10,11). The molecular weight excluding hydrogens is 230 g/mol. The first kappa shape index (κ1) is 11.6. The molecule has 0 bridgehead atoms. The Hall–Kier alpha value is -0.920. The lowest BCUT2D eigenvalue weighted by atomic mass is 9.90. The number of rotatable bonds is 5. The van der Waals surface area contributed by atoms with E-state index in [1.807, 2.05) is 6.92 Å². The van der Waals surface area contributed by atoms with Crippen LogP contribution in [-0.4, -0.2) is 37.1 Å². The van der Waals surface area contributed by atoms with Gasteiger partial charge < -0.3 is 9.72 Å². The second-order valence-corrected chi connectivity index (χ2v) is 5.47. The third-order valence-corrected chi connectivity index (χ3v) is 4.03. The van der Waals surface area contributed by atoms with Crippen molar-refractivity contribution in [3.05, 3.63) is 12.5 Å². The van der Waals surface area contributed by atoms with Gasteiger partial charge in [0, 0.05) is 12.6 Å². The van der Waals surface area contributed by atoms with Crippen molar-refractivity contribution in [2.24, 2.45) is 0 Å². The quantitative estimate of drug-likeness (QED) is 0.779. The molecule has 0 unspecified atom stereocenters. The van der Waals surface area contributed by atoms with Gasteiger partial charge in [0.2, 0.25) is 0 Å². The number of aromatic nitrogens is 2. The first-order valence-corrected chi connectivity index (χ1v) is 6.72. The molecule has 1 aliphatic carbocycles. The van der Waals surface area contributed by atoms with E-state index in [1.165, 1.54) is 12.5 Å². The topological polar surface area (TPSA) is 84.1 Å². The highest BCUT2D eigenvalue weighted by Gasteiger charge is 2.33. The van der Waals surface area contributed by atoms with Crippen LogP contribution in [0.15, 0.2) is 17.6 Å². The van der Waals surface area contributed by atoms with E-state index in [9.17, 15) is 8.42 Å². The van der Waals surface area contributed by atoms with Crippen molar-refractivity contribution >= 4 is 10.0 Å². The number of hydrogen-bond acceptors (Lipinski definition) is 4. The zero-order valence-corrected chi connectivity index (χ0v) is 9.83. The molecule has 2 N–H and O–H groups in total. The summed E-state index contributed by atoms with van der Waals surface area (Å²) < 4.78 is 31.4. The Morgan fingerprint density at radius 2 is 2.38 bits per heavy atom. The fourth-order valence-corrected chi connectivity index (χ4v) is 2.87. The van der Waals surface area contributed by atoms with Gasteiger partial charge in [-0.15, -0.1) is 0 Å². The zero-order valence-electron chi connectivity index (χ0n) is 9.01. The monoisotopic (exact) mass is 245 g/mol. The van der Waals surface area contributed by atoms with E-state index in [4.69, 9.17) is 4.74 Å². The molecule has 1 fully saturated rings. The van der Waals surface area contributed by atoms with Crippen molar-refractivity contribution in [3.8, 4) is 0 Å². The van der Waals surface area contributed by atoms with Crippen molar-refractivity contribution in [1.82, 2.24) is 14.7 Å². The summed E-state index contributed by atoms with van der Waals surface area (Å²) in [4.78, 5) is 6.26. The van der Waals surface area contributed by atoms with E-state index < -0.39 is 10.0 Å². The molecule has 2 rings (SSSR count). The zero-order chi connectivity index (χ0) is 11.6. The second kappa shape index (κ2) is 4.52. The summed E-state index contributed by atoms with van der Waals surface area (Å²) in [6.07, 6.45) is 4.31. The van der Waals surface area contributed by atoms with Gasteiger partial charge in [-0.2, -0.15) is 0 Å². The van der Waals surface area contributed by atoms with Crippen LogP contribution in [0, 0.1) is 0 Å². The maximum atomic E-state index is 11.7. The van der Waals surface area contributed by atoms with Crippen molar-refractivity contribution in [2.75, 3.05) is 6.61 Å². The molecule has 7 heteroatoms. The molecule has 0 atom stereocenters. The van der Waals surface area contributed by atoms with E-state index in [-0.39, 0.29) is 17.2 Å². The Bertz CT molecular complexity index is 423. The summed E-state index contributed by atoms with van der Waals surface area (Å²) in [7, 11) is -3.44. The van der Waals surface area contributed by atoms with Crippen LogP contribution in [0.4, 0.5) is 0 Å². The Morgan fingerprint density at radius 3 is 2.94 bits per heavy atom. The number of aromatic amines is 1. The van der Waals surface area contributed by atoms with E-state index in [2.05, 4.69) is 14.7 Å². The van der Waals surface area contributed by atoms with Gasteiger partial charge in [0.25, 0.3) is 10.0 Å². The number of ether oxygens (including phenoxy) is 1. The highest BCUT2D eigenvalue weighted by Crippen LogP contribution is 2.24. The van der Waals surface area contributed by atoms with Gasteiger partial charge in [-0.3, -0.25) is 0 Å². The van der Waals surface area contributed by atoms with Crippen molar-refractivity contribution < 1.29 is 13.2 Å². The highest BCUT2D eigenvalue weighted by atomic mass is 32.2. The van der Waals surface area contributed by atoms with Crippen LogP contribution in [0.5, 0.6) is 0 Å². The summed E-state index contributed by atoms with van der Waals surface area (Å²) >= 11 is 0. The smallest absolute Gasteiger partial charge is 0.257 e. The van der Waals surface area contributed by atoms with Crippen LogP contribution in [0.2, 0.25) is 0 Å². The first-order valence-electron chi connectivity index (χ1n) is 5.24. The van der Waals surface area contributed by atoms with Crippen LogP contribution in [-0.2, 0) is 14.8 Å². The Morgan fingerprint density at radius 1 is 1.62 bits per heavy atom. The molecule has 1 aromatic heterocycles. The lowest BCUT2D eigenvalue weighted by molar-refractivity contribution is -0.00477. The summed E-state index contributed by atoms with van der Waals surface area (Å²) in [6.45, 7) is 2.60. The summed E-state index contributed by atoms with van der Waals surface area (Å²) in [5.41, 5.74) is 0. The number of H-pyrrole nitrogens is 1. The summed E-state index contributed by atoms with van der Waals surface area (Å²) in [5.74, 6) is 0. The minimum Gasteiger partial charge on any atom is -0.378 e. The molecule has 90 valence electrons. The largest absolute Gasteiger partial charge is 0.378 e. The van der Waals surface area contributed by atoms with Gasteiger partial charge in [0.05, 0.1) is 18.6 Å². The fraction of sp³-hybridized carbons (Fsp3) is 0.667. The van der Waals surface area contributed by atoms with E-state index >= 15 is 0 Å². The average Bonchev–Trinajstić information content (AvgIpc) is 2.67. The lowest BCUT2D eigenvalue weighted by Gasteiger charge is -2.34. The second-order valence-electron chi connectivity index (χ2n) is 3.78. The van der Waals surface area contributed by atoms with Gasteiger partial charge >= 0.3 is 0 Å². The van der Waals surface area contributed by atoms with Crippen LogP contribution in [0.1, 0.15) is 19.8 Å². The molecule has 1 aromatic rings. The Balaban J connectivity index is 1.88. The molecule has 1 heterocycles. The number of nitrogens with zero attached hydrogens (tertiary/aromatic N) is 1. The number of hydrogen-bond donors (Lipinski definition) is 2. The third-order valence-electron chi connectivity index (χ3n) is 2.58. The van der Waals surface area contributed by atoms with Gasteiger partial charge in [-0.1, -0.05) is 0 Å². The third kappa shape index (κ3) is 2.42. The molecule has 0 amide bonds. The minimum absolute atomic E-state index is 0.0233. The van der Waals surface area contributed by atoms with E-state index in [1.54, 1.807) is 0 Å². The lowest BCUT2D eigenvalue weighted by Crippen LogP contribution is -2.47. The molecule has 0 radical (unpaired) electrons. The van der Waals surface area contributed by atoms with Crippen molar-refractivity contribution in [2.45, 2.75) is 36.9 Å². The van der Waals surface area contributed by atoms with Crippen LogP contribution in [0.25, 0.3) is 0 Å². The van der Waals surface area contributed by atoms with Gasteiger partial charge in [0.15, 0.2) is 5.03 Å². The molecule has 16 heavy (non-hydrogen) atoms. The van der Waals surface area contributed by atoms with E-state index in [0.29, 0.717) is 6.61 Å². The first-order chi connectivity index (χ1) is 7.62. The Labute approximate surface area is 94.5 Å². The van der Waals surface area contributed by atoms with E-state index in [0.717, 1.165) is 12.8 Å². The molecule has 1 aliphatic rings. The van der Waals surface area contributed by atoms with Crippen molar-refractivity contribution in [3.63, 3.8) is 0 Å². The molecule has 0 saturated heterocycles. The van der Waals surface area contributed by atoms with Gasteiger partial charge in [0.1, 0.15) is 0 Å². The SMILES string of the molecule is CCOC1CC(NS(=O)(=O)c2cnc[nH]2)C1. The predicted molar refractivity (Wildman–Crippen MR) is 57.3 cm³/mol. The molecule has 0 aliphatic heterocycles.